The van der Waals surface area contributed by atoms with Crippen LogP contribution >= 0.6 is 0 Å². The second-order valence-electron chi connectivity index (χ2n) is 4.49. The minimum atomic E-state index is -1.79. The SMILES string of the molecule is CC(C)C(C)OCc1ccc(F)c(B(O)O)c1. The fourth-order valence-corrected chi connectivity index (χ4v) is 1.30. The highest BCUT2D eigenvalue weighted by atomic mass is 19.1. The van der Waals surface area contributed by atoms with E-state index in [0.717, 1.165) is 5.56 Å². The number of hydrogen-bond donors (Lipinski definition) is 2. The predicted molar refractivity (Wildman–Crippen MR) is 65.3 cm³/mol. The lowest BCUT2D eigenvalue weighted by Crippen LogP contribution is -2.33. The summed E-state index contributed by atoms with van der Waals surface area (Å²) in [6.45, 7) is 6.41. The number of ether oxygens (including phenoxy) is 1. The van der Waals surface area contributed by atoms with Gasteiger partial charge in [0.2, 0.25) is 0 Å². The molecule has 0 heterocycles. The largest absolute Gasteiger partial charge is 0.491 e. The molecule has 0 radical (unpaired) electrons. The molecule has 0 aliphatic heterocycles. The number of halogens is 1. The first-order valence-electron chi connectivity index (χ1n) is 5.68. The molecule has 5 heteroatoms. The standard InChI is InChI=1S/C12H18BFO3/c1-8(2)9(3)17-7-10-4-5-12(14)11(6-10)13(15)16/h4-6,8-9,15-16H,7H2,1-3H3. The van der Waals surface area contributed by atoms with Gasteiger partial charge in [-0.3, -0.25) is 0 Å². The zero-order chi connectivity index (χ0) is 13.0. The van der Waals surface area contributed by atoms with Crippen LogP contribution in [0.1, 0.15) is 26.3 Å². The maximum Gasteiger partial charge on any atom is 0.491 e. The first kappa shape index (κ1) is 14.2. The van der Waals surface area contributed by atoms with Gasteiger partial charge in [0.1, 0.15) is 5.82 Å². The Bertz CT molecular complexity index is 369. The molecule has 0 fully saturated rings. The Labute approximate surface area is 101 Å². The second-order valence-corrected chi connectivity index (χ2v) is 4.49. The third kappa shape index (κ3) is 4.11. The average molecular weight is 240 g/mol. The van der Waals surface area contributed by atoms with Crippen molar-refractivity contribution in [1.29, 1.82) is 0 Å². The van der Waals surface area contributed by atoms with Crippen LogP contribution in [0.3, 0.4) is 0 Å². The van der Waals surface area contributed by atoms with Crippen LogP contribution in [-0.4, -0.2) is 23.3 Å². The Balaban J connectivity index is 2.69. The van der Waals surface area contributed by atoms with Gasteiger partial charge in [-0.25, -0.2) is 4.39 Å². The maximum atomic E-state index is 13.2. The highest BCUT2D eigenvalue weighted by Crippen LogP contribution is 2.10. The molecule has 1 aromatic rings. The highest BCUT2D eigenvalue weighted by molar-refractivity contribution is 6.58. The predicted octanol–water partition coefficient (Wildman–Crippen LogP) is 1.07. The van der Waals surface area contributed by atoms with Crippen LogP contribution in [-0.2, 0) is 11.3 Å². The lowest BCUT2D eigenvalue weighted by atomic mass is 9.79. The molecule has 0 amide bonds. The first-order valence-corrected chi connectivity index (χ1v) is 5.68. The maximum absolute atomic E-state index is 13.2. The molecule has 0 aliphatic carbocycles. The van der Waals surface area contributed by atoms with Crippen molar-refractivity contribution in [1.82, 2.24) is 0 Å². The van der Waals surface area contributed by atoms with E-state index in [-0.39, 0.29) is 11.6 Å². The summed E-state index contributed by atoms with van der Waals surface area (Å²) in [6, 6.07) is 4.20. The van der Waals surface area contributed by atoms with E-state index in [0.29, 0.717) is 12.5 Å². The summed E-state index contributed by atoms with van der Waals surface area (Å²) >= 11 is 0. The molecule has 2 N–H and O–H groups in total. The normalized spacial score (nSPS) is 12.9. The fraction of sp³-hybridized carbons (Fsp3) is 0.500. The van der Waals surface area contributed by atoms with E-state index in [1.54, 1.807) is 6.07 Å². The minimum absolute atomic E-state index is 0.0996. The monoisotopic (exact) mass is 240 g/mol. The molecule has 0 saturated heterocycles. The lowest BCUT2D eigenvalue weighted by molar-refractivity contribution is 0.0235. The Morgan fingerprint density at radius 2 is 1.94 bits per heavy atom. The molecular weight excluding hydrogens is 222 g/mol. The van der Waals surface area contributed by atoms with E-state index in [4.69, 9.17) is 14.8 Å². The summed E-state index contributed by atoms with van der Waals surface area (Å²) in [5, 5.41) is 17.9. The minimum Gasteiger partial charge on any atom is -0.423 e. The summed E-state index contributed by atoms with van der Waals surface area (Å²) in [5.74, 6) is -0.223. The van der Waals surface area contributed by atoms with Gasteiger partial charge in [-0.1, -0.05) is 26.0 Å². The van der Waals surface area contributed by atoms with Gasteiger partial charge in [-0.15, -0.1) is 0 Å². The van der Waals surface area contributed by atoms with E-state index in [9.17, 15) is 4.39 Å². The molecule has 0 saturated carbocycles. The van der Waals surface area contributed by atoms with Crippen molar-refractivity contribution in [2.75, 3.05) is 0 Å². The summed E-state index contributed by atoms with van der Waals surface area (Å²) in [4.78, 5) is 0. The van der Waals surface area contributed by atoms with Crippen LogP contribution < -0.4 is 5.46 Å². The van der Waals surface area contributed by atoms with Crippen molar-refractivity contribution in [3.05, 3.63) is 29.6 Å². The molecule has 0 aliphatic rings. The van der Waals surface area contributed by atoms with E-state index < -0.39 is 12.9 Å². The number of rotatable bonds is 5. The Morgan fingerprint density at radius 3 is 2.47 bits per heavy atom. The quantitative estimate of drug-likeness (QED) is 0.757. The lowest BCUT2D eigenvalue weighted by Gasteiger charge is -2.16. The Hall–Kier alpha value is -0.905. The van der Waals surface area contributed by atoms with E-state index in [1.807, 2.05) is 6.92 Å². The van der Waals surface area contributed by atoms with Crippen molar-refractivity contribution in [3.8, 4) is 0 Å². The van der Waals surface area contributed by atoms with Gasteiger partial charge in [-0.2, -0.15) is 0 Å². The fourth-order valence-electron chi connectivity index (χ4n) is 1.30. The van der Waals surface area contributed by atoms with Gasteiger partial charge < -0.3 is 14.8 Å². The summed E-state index contributed by atoms with van der Waals surface area (Å²) < 4.78 is 18.8. The molecule has 94 valence electrons. The van der Waals surface area contributed by atoms with Gasteiger partial charge in [0.05, 0.1) is 12.7 Å². The Kier molecular flexibility index (Phi) is 5.12. The Morgan fingerprint density at radius 1 is 1.29 bits per heavy atom. The van der Waals surface area contributed by atoms with Crippen LogP contribution in [0, 0.1) is 11.7 Å². The third-order valence-corrected chi connectivity index (χ3v) is 2.79. The average Bonchev–Trinajstić information content (AvgIpc) is 2.26. The van der Waals surface area contributed by atoms with Crippen molar-refractivity contribution >= 4 is 12.6 Å². The molecule has 0 spiro atoms. The highest BCUT2D eigenvalue weighted by Gasteiger charge is 2.17. The number of hydrogen-bond acceptors (Lipinski definition) is 3. The third-order valence-electron chi connectivity index (χ3n) is 2.79. The molecule has 0 aromatic heterocycles. The summed E-state index contributed by atoms with van der Waals surface area (Å²) in [7, 11) is -1.79. The second kappa shape index (κ2) is 6.14. The van der Waals surface area contributed by atoms with Gasteiger partial charge in [-0.05, 0) is 24.5 Å². The molecule has 1 atom stereocenters. The molecule has 1 unspecified atom stereocenters. The van der Waals surface area contributed by atoms with Crippen LogP contribution in [0.5, 0.6) is 0 Å². The molecular formula is C12H18BFO3. The zero-order valence-electron chi connectivity index (χ0n) is 10.4. The summed E-state index contributed by atoms with van der Waals surface area (Å²) in [5.41, 5.74) is 0.602. The molecule has 0 bridgehead atoms. The summed E-state index contributed by atoms with van der Waals surface area (Å²) in [6.07, 6.45) is 0.0996. The molecule has 17 heavy (non-hydrogen) atoms. The zero-order valence-corrected chi connectivity index (χ0v) is 10.4. The van der Waals surface area contributed by atoms with Gasteiger partial charge >= 0.3 is 7.12 Å². The van der Waals surface area contributed by atoms with Crippen LogP contribution in [0.2, 0.25) is 0 Å². The number of benzene rings is 1. The van der Waals surface area contributed by atoms with Crippen molar-refractivity contribution in [2.24, 2.45) is 5.92 Å². The smallest absolute Gasteiger partial charge is 0.423 e. The topological polar surface area (TPSA) is 49.7 Å². The van der Waals surface area contributed by atoms with Gasteiger partial charge in [0, 0.05) is 5.46 Å². The molecule has 1 rings (SSSR count). The first-order chi connectivity index (χ1) is 7.91. The van der Waals surface area contributed by atoms with Crippen molar-refractivity contribution in [3.63, 3.8) is 0 Å². The van der Waals surface area contributed by atoms with E-state index in [2.05, 4.69) is 13.8 Å². The molecule has 3 nitrogen and oxygen atoms in total. The van der Waals surface area contributed by atoms with Crippen LogP contribution in [0.4, 0.5) is 4.39 Å². The van der Waals surface area contributed by atoms with Crippen LogP contribution in [0.15, 0.2) is 18.2 Å². The van der Waals surface area contributed by atoms with E-state index >= 15 is 0 Å². The van der Waals surface area contributed by atoms with Crippen molar-refractivity contribution < 1.29 is 19.2 Å². The van der Waals surface area contributed by atoms with Crippen molar-refractivity contribution in [2.45, 2.75) is 33.5 Å². The molecule has 1 aromatic carbocycles. The van der Waals surface area contributed by atoms with Gasteiger partial charge in [0.25, 0.3) is 0 Å². The van der Waals surface area contributed by atoms with Crippen LogP contribution in [0.25, 0.3) is 0 Å². The van der Waals surface area contributed by atoms with E-state index in [1.165, 1.54) is 12.1 Å². The van der Waals surface area contributed by atoms with Gasteiger partial charge in [0.15, 0.2) is 0 Å².